The Labute approximate surface area is 184 Å². The van der Waals surface area contributed by atoms with Crippen molar-refractivity contribution in [2.45, 2.75) is 38.7 Å². The Morgan fingerprint density at radius 2 is 1.79 bits per heavy atom. The fourth-order valence-corrected chi connectivity index (χ4v) is 4.12. The molecule has 1 heterocycles. The smallest absolute Gasteiger partial charge is 0.216 e. The Morgan fingerprint density at radius 1 is 1.14 bits per heavy atom. The Morgan fingerprint density at radius 3 is 2.36 bits per heavy atom. The van der Waals surface area contributed by atoms with Crippen LogP contribution in [-0.2, 0) is 35.9 Å². The summed E-state index contributed by atoms with van der Waals surface area (Å²) in [6, 6.07) is 9.30. The Balaban J connectivity index is 0.00000392. The summed E-state index contributed by atoms with van der Waals surface area (Å²) in [7, 11) is 0.201. The van der Waals surface area contributed by atoms with Gasteiger partial charge >= 0.3 is 0 Å². The second-order valence-electron chi connectivity index (χ2n) is 6.53. The first kappa shape index (κ1) is 24.4. The number of rotatable bonds is 8. The lowest BCUT2D eigenvalue weighted by atomic mass is 10.1. The number of benzene rings is 1. The van der Waals surface area contributed by atoms with Crippen LogP contribution in [0.15, 0.2) is 41.5 Å². The van der Waals surface area contributed by atoms with Gasteiger partial charge in [0.15, 0.2) is 5.96 Å². The lowest BCUT2D eigenvalue weighted by Gasteiger charge is -2.15. The first-order chi connectivity index (χ1) is 12.8. The zero-order valence-corrected chi connectivity index (χ0v) is 19.8. The normalized spacial score (nSPS) is 12.0. The third-order valence-corrected chi connectivity index (χ3v) is 5.43. The summed E-state index contributed by atoms with van der Waals surface area (Å²) in [5.74, 6) is 0.582. The van der Waals surface area contributed by atoms with E-state index in [0.717, 1.165) is 16.8 Å². The lowest BCUT2D eigenvalue weighted by molar-refractivity contribution is 0.568. The van der Waals surface area contributed by atoms with Gasteiger partial charge in [-0.05, 0) is 31.0 Å². The van der Waals surface area contributed by atoms with Crippen molar-refractivity contribution in [1.82, 2.24) is 25.1 Å². The fraction of sp³-hybridized carbons (Fsp3) is 0.444. The molecule has 0 spiro atoms. The van der Waals surface area contributed by atoms with E-state index in [9.17, 15) is 8.42 Å². The van der Waals surface area contributed by atoms with Crippen LogP contribution in [0.1, 0.15) is 30.7 Å². The molecule has 0 bridgehead atoms. The molecule has 2 rings (SSSR count). The molecule has 0 aliphatic rings. The molecule has 10 heteroatoms. The Hall–Kier alpha value is -1.66. The summed E-state index contributed by atoms with van der Waals surface area (Å²) < 4.78 is 28.9. The van der Waals surface area contributed by atoms with E-state index in [1.54, 1.807) is 17.9 Å². The molecule has 0 radical (unpaired) electrons. The van der Waals surface area contributed by atoms with Gasteiger partial charge in [-0.3, -0.25) is 9.67 Å². The van der Waals surface area contributed by atoms with Crippen LogP contribution in [0.5, 0.6) is 0 Å². The lowest BCUT2D eigenvalue weighted by Crippen LogP contribution is -2.37. The van der Waals surface area contributed by atoms with Crippen molar-refractivity contribution in [2.24, 2.45) is 12.0 Å². The van der Waals surface area contributed by atoms with Gasteiger partial charge in [-0.1, -0.05) is 24.3 Å². The highest BCUT2D eigenvalue weighted by Crippen LogP contribution is 2.12. The minimum absolute atomic E-state index is 0. The van der Waals surface area contributed by atoms with Crippen molar-refractivity contribution in [2.75, 3.05) is 7.05 Å². The van der Waals surface area contributed by atoms with Crippen LogP contribution in [0.4, 0.5) is 0 Å². The minimum atomic E-state index is -3.38. The second kappa shape index (κ2) is 11.4. The zero-order chi connectivity index (χ0) is 19.9. The number of hydrogen-bond donors (Lipinski definition) is 3. The average Bonchev–Trinajstić information content (AvgIpc) is 3.00. The van der Waals surface area contributed by atoms with Gasteiger partial charge in [-0.25, -0.2) is 13.1 Å². The molecule has 0 aliphatic heterocycles. The van der Waals surface area contributed by atoms with Gasteiger partial charge in [-0.15, -0.1) is 24.0 Å². The van der Waals surface area contributed by atoms with Crippen LogP contribution in [-0.4, -0.2) is 37.2 Å². The molecule has 0 aliphatic carbocycles. The van der Waals surface area contributed by atoms with Crippen molar-refractivity contribution in [3.63, 3.8) is 0 Å². The van der Waals surface area contributed by atoms with Crippen molar-refractivity contribution >= 4 is 40.0 Å². The SMILES string of the molecule is CN=C(NCc1ccccc1CS(=O)(=O)NC(C)C)NCc1ccnn1C.I. The molecule has 1 aromatic heterocycles. The molecule has 0 saturated heterocycles. The minimum Gasteiger partial charge on any atom is -0.352 e. The number of guanidine groups is 1. The summed E-state index contributed by atoms with van der Waals surface area (Å²) in [6.07, 6.45) is 1.75. The maximum atomic E-state index is 12.2. The third-order valence-electron chi connectivity index (χ3n) is 3.91. The van der Waals surface area contributed by atoms with Crippen molar-refractivity contribution in [3.05, 3.63) is 53.3 Å². The second-order valence-corrected chi connectivity index (χ2v) is 8.28. The molecule has 2 aromatic rings. The van der Waals surface area contributed by atoms with E-state index in [1.165, 1.54) is 0 Å². The predicted molar refractivity (Wildman–Crippen MR) is 123 cm³/mol. The average molecular weight is 520 g/mol. The topological polar surface area (TPSA) is 100 Å². The number of aryl methyl sites for hydroxylation is 1. The molecular weight excluding hydrogens is 491 g/mol. The molecule has 0 saturated carbocycles. The van der Waals surface area contributed by atoms with Gasteiger partial charge in [0, 0.05) is 32.9 Å². The first-order valence-electron chi connectivity index (χ1n) is 8.79. The molecule has 28 heavy (non-hydrogen) atoms. The maximum Gasteiger partial charge on any atom is 0.216 e. The van der Waals surface area contributed by atoms with Gasteiger partial charge < -0.3 is 10.6 Å². The number of halogens is 1. The van der Waals surface area contributed by atoms with Crippen LogP contribution in [0, 0.1) is 0 Å². The van der Waals surface area contributed by atoms with E-state index in [4.69, 9.17) is 0 Å². The monoisotopic (exact) mass is 520 g/mol. The number of hydrogen-bond acceptors (Lipinski definition) is 4. The van der Waals surface area contributed by atoms with Gasteiger partial charge in [0.25, 0.3) is 0 Å². The highest BCUT2D eigenvalue weighted by Gasteiger charge is 2.15. The molecule has 8 nitrogen and oxygen atoms in total. The number of nitrogens with one attached hydrogen (secondary N) is 3. The van der Waals surface area contributed by atoms with Crippen molar-refractivity contribution < 1.29 is 8.42 Å². The largest absolute Gasteiger partial charge is 0.352 e. The van der Waals surface area contributed by atoms with Gasteiger partial charge in [0.2, 0.25) is 10.0 Å². The predicted octanol–water partition coefficient (Wildman–Crippen LogP) is 1.73. The summed E-state index contributed by atoms with van der Waals surface area (Å²) >= 11 is 0. The number of aromatic nitrogens is 2. The fourth-order valence-electron chi connectivity index (χ4n) is 2.62. The number of nitrogens with zero attached hydrogens (tertiary/aromatic N) is 3. The van der Waals surface area contributed by atoms with Gasteiger partial charge in [-0.2, -0.15) is 5.10 Å². The highest BCUT2D eigenvalue weighted by molar-refractivity contribution is 14.0. The molecule has 156 valence electrons. The molecular formula is C18H29IN6O2S. The van der Waals surface area contributed by atoms with Crippen LogP contribution in [0.25, 0.3) is 0 Å². The first-order valence-corrected chi connectivity index (χ1v) is 10.4. The zero-order valence-electron chi connectivity index (χ0n) is 16.6. The summed E-state index contributed by atoms with van der Waals surface area (Å²) in [4.78, 5) is 4.21. The Kier molecular flexibility index (Phi) is 9.90. The molecule has 0 fully saturated rings. The van der Waals surface area contributed by atoms with Crippen LogP contribution in [0.2, 0.25) is 0 Å². The third kappa shape index (κ3) is 7.76. The maximum absolute atomic E-state index is 12.2. The highest BCUT2D eigenvalue weighted by atomic mass is 127. The molecule has 0 amide bonds. The van der Waals surface area contributed by atoms with E-state index in [1.807, 2.05) is 51.2 Å². The van der Waals surface area contributed by atoms with E-state index in [-0.39, 0.29) is 35.8 Å². The van der Waals surface area contributed by atoms with Crippen molar-refractivity contribution in [1.29, 1.82) is 0 Å². The Bertz CT molecular complexity index is 880. The number of aliphatic imine (C=N–C) groups is 1. The summed E-state index contributed by atoms with van der Waals surface area (Å²) in [6.45, 7) is 4.68. The quantitative estimate of drug-likeness (QED) is 0.280. The van der Waals surface area contributed by atoms with Gasteiger partial charge in [0.05, 0.1) is 18.0 Å². The van der Waals surface area contributed by atoms with Gasteiger partial charge in [0.1, 0.15) is 0 Å². The van der Waals surface area contributed by atoms with E-state index in [2.05, 4.69) is 25.4 Å². The van der Waals surface area contributed by atoms with E-state index in [0.29, 0.717) is 19.0 Å². The van der Waals surface area contributed by atoms with E-state index < -0.39 is 10.0 Å². The van der Waals surface area contributed by atoms with Crippen LogP contribution >= 0.6 is 24.0 Å². The van der Waals surface area contributed by atoms with Crippen LogP contribution < -0.4 is 15.4 Å². The molecule has 0 atom stereocenters. The molecule has 1 aromatic carbocycles. The van der Waals surface area contributed by atoms with E-state index >= 15 is 0 Å². The standard InChI is InChI=1S/C18H28N6O2S.HI/c1-14(2)23-27(25,26)13-16-8-6-5-7-15(16)11-20-18(19-3)21-12-17-9-10-22-24(17)4;/h5-10,14,23H,11-13H2,1-4H3,(H2,19,20,21);1H. The number of sulfonamides is 1. The summed E-state index contributed by atoms with van der Waals surface area (Å²) in [5.41, 5.74) is 2.71. The molecule has 0 unspecified atom stereocenters. The molecule has 3 N–H and O–H groups in total. The van der Waals surface area contributed by atoms with Crippen LogP contribution in [0.3, 0.4) is 0 Å². The van der Waals surface area contributed by atoms with Crippen molar-refractivity contribution in [3.8, 4) is 0 Å². The summed E-state index contributed by atoms with van der Waals surface area (Å²) in [5, 5.41) is 10.6.